The van der Waals surface area contributed by atoms with Crippen molar-refractivity contribution in [1.82, 2.24) is 0 Å². The summed E-state index contributed by atoms with van der Waals surface area (Å²) in [6.45, 7) is 6.96. The second-order valence-corrected chi connectivity index (χ2v) is 16.1. The fraction of sp³-hybridized carbons (Fsp3) is 0.278. The normalized spacial score (nSPS) is 12.0. The van der Waals surface area contributed by atoms with Crippen LogP contribution in [0.15, 0.2) is 48.5 Å². The van der Waals surface area contributed by atoms with E-state index < -0.39 is 23.7 Å². The zero-order valence-corrected chi connectivity index (χ0v) is 20.1. The average Bonchev–Trinajstić information content (AvgIpc) is 2.60. The van der Waals surface area contributed by atoms with E-state index in [1.54, 1.807) is 0 Å². The van der Waals surface area contributed by atoms with Gasteiger partial charge in [-0.25, -0.2) is 13.2 Å². The lowest BCUT2D eigenvalue weighted by atomic mass is 10.2. The topological polar surface area (TPSA) is 83.5 Å². The Bertz CT molecular complexity index is 942. The van der Waals surface area contributed by atoms with Gasteiger partial charge in [-0.15, -0.1) is 0 Å². The maximum Gasteiger partial charge on any atom is 0.485 e. The van der Waals surface area contributed by atoms with Crippen molar-refractivity contribution in [3.8, 4) is 0 Å². The molecule has 0 saturated carbocycles. The van der Waals surface area contributed by atoms with E-state index in [0.29, 0.717) is 5.56 Å². The van der Waals surface area contributed by atoms with Gasteiger partial charge in [0.1, 0.15) is 0 Å². The van der Waals surface area contributed by atoms with Crippen LogP contribution in [0, 0.1) is 7.14 Å². The fourth-order valence-corrected chi connectivity index (χ4v) is 8.41. The van der Waals surface area contributed by atoms with Crippen molar-refractivity contribution in [2.24, 2.45) is 0 Å². The summed E-state index contributed by atoms with van der Waals surface area (Å²) in [7, 11) is -6.16. The molecule has 11 heteroatoms. The number of methoxy groups -OCH3 is 1. The summed E-state index contributed by atoms with van der Waals surface area (Å²) in [5.41, 5.74) is -4.98. The van der Waals surface area contributed by atoms with Crippen LogP contribution in [0.4, 0.5) is 13.2 Å². The molecule has 0 saturated heterocycles. The molecule has 0 heterocycles. The number of carbonyl (C=O) groups is 1. The number of benzene rings is 2. The van der Waals surface area contributed by atoms with Gasteiger partial charge in [0.25, 0.3) is 0 Å². The summed E-state index contributed by atoms with van der Waals surface area (Å²) in [6.07, 6.45) is 0. The molecule has 160 valence electrons. The van der Waals surface area contributed by atoms with Crippen molar-refractivity contribution in [2.45, 2.75) is 25.1 Å². The summed E-state index contributed by atoms with van der Waals surface area (Å²) in [5, 5.41) is 1.38. The quantitative estimate of drug-likeness (QED) is 0.176. The lowest BCUT2D eigenvalue weighted by Gasteiger charge is -2.17. The first-order valence-corrected chi connectivity index (χ1v) is 15.2. The Morgan fingerprint density at radius 2 is 1.59 bits per heavy atom. The number of hydrogen-bond acceptors (Lipinski definition) is 5. The number of hydrogen-bond donors (Lipinski definition) is 0. The van der Waals surface area contributed by atoms with Crippen LogP contribution in [0.3, 0.4) is 0 Å². The molecule has 29 heavy (non-hydrogen) atoms. The largest absolute Gasteiger partial charge is 0.741 e. The molecule has 0 aliphatic carbocycles. The number of halogens is 4. The second-order valence-electron chi connectivity index (χ2n) is 6.73. The zero-order chi connectivity index (χ0) is 22.5. The lowest BCUT2D eigenvalue weighted by molar-refractivity contribution is -0.596. The number of carbonyl (C=O) groups excluding carboxylic acids is 1. The molecule has 0 aliphatic rings. The third kappa shape index (κ3) is 8.07. The van der Waals surface area contributed by atoms with Gasteiger partial charge in [0.05, 0.1) is 20.7 Å². The van der Waals surface area contributed by atoms with Gasteiger partial charge in [0.15, 0.2) is 17.3 Å². The number of rotatable bonds is 4. The van der Waals surface area contributed by atoms with Crippen molar-refractivity contribution < 1.29 is 56.9 Å². The monoisotopic (exact) mass is 560 g/mol. The van der Waals surface area contributed by atoms with Crippen LogP contribution in [-0.2, 0) is 14.9 Å². The molecule has 0 atom stereocenters. The van der Waals surface area contributed by atoms with Crippen LogP contribution in [0.5, 0.6) is 0 Å². The van der Waals surface area contributed by atoms with Crippen molar-refractivity contribution in [3.63, 3.8) is 0 Å². The molecular formula is C18H20F3IO5SSi. The first-order chi connectivity index (χ1) is 13.2. The fourth-order valence-electron chi connectivity index (χ4n) is 2.02. The second kappa shape index (κ2) is 10.0. The van der Waals surface area contributed by atoms with E-state index in [2.05, 4.69) is 56.0 Å². The molecule has 0 spiro atoms. The smallest absolute Gasteiger partial charge is 0.485 e. The molecule has 2 aromatic rings. The van der Waals surface area contributed by atoms with Gasteiger partial charge >= 0.3 is 32.7 Å². The van der Waals surface area contributed by atoms with Crippen LogP contribution in [0.2, 0.25) is 19.6 Å². The van der Waals surface area contributed by atoms with Gasteiger partial charge in [0, 0.05) is 0 Å². The zero-order valence-electron chi connectivity index (χ0n) is 16.1. The van der Waals surface area contributed by atoms with Gasteiger partial charge in [-0.3, -0.25) is 0 Å². The van der Waals surface area contributed by atoms with Crippen LogP contribution >= 0.6 is 0 Å². The maximum absolute atomic E-state index is 11.8. The number of esters is 1. The van der Waals surface area contributed by atoms with Gasteiger partial charge in [-0.05, 0) is 35.5 Å². The first-order valence-electron chi connectivity index (χ1n) is 8.11. The first kappa shape index (κ1) is 25.6. The SMILES string of the molecule is COC(=O)c1ccc([I+]c2ccccc2)c([Si](C)(C)C)c1.O=S(=O)([O-])C(F)(F)F. The van der Waals surface area contributed by atoms with E-state index in [1.807, 2.05) is 12.1 Å². The van der Waals surface area contributed by atoms with E-state index in [4.69, 9.17) is 17.7 Å². The minimum atomic E-state index is -6.09. The minimum Gasteiger partial charge on any atom is -0.741 e. The Balaban J connectivity index is 0.000000447. The highest BCUT2D eigenvalue weighted by atomic mass is 127. The standard InChI is InChI=1S/C17H20IO2Si.CHF3O3S/c1-20-17(19)13-10-11-15(16(12-13)21(2,3)4)18-14-8-6-5-7-9-14;2-1(3,4)8(5,6)7/h5-12H,1-4H3;(H,5,6,7)/q+1;/p-1. The summed E-state index contributed by atoms with van der Waals surface area (Å²) < 4.78 is 66.6. The van der Waals surface area contributed by atoms with Gasteiger partial charge in [-0.2, -0.15) is 13.2 Å². The van der Waals surface area contributed by atoms with Crippen molar-refractivity contribution in [1.29, 1.82) is 0 Å². The highest BCUT2D eigenvalue weighted by molar-refractivity contribution is 7.86. The lowest BCUT2D eigenvalue weighted by Crippen LogP contribution is -3.62. The molecule has 0 amide bonds. The summed E-state index contributed by atoms with van der Waals surface area (Å²) >= 11 is -0.213. The molecule has 0 bridgehead atoms. The number of ether oxygens (including phenoxy) is 1. The summed E-state index contributed by atoms with van der Waals surface area (Å²) in [5.74, 6) is -0.251. The Hall–Kier alpha value is -1.44. The van der Waals surface area contributed by atoms with Crippen molar-refractivity contribution >= 4 is 29.3 Å². The third-order valence-electron chi connectivity index (χ3n) is 3.42. The van der Waals surface area contributed by atoms with Crippen LogP contribution in [0.1, 0.15) is 10.4 Å². The Morgan fingerprint density at radius 1 is 1.07 bits per heavy atom. The highest BCUT2D eigenvalue weighted by Gasteiger charge is 2.37. The van der Waals surface area contributed by atoms with Crippen molar-refractivity contribution in [3.05, 3.63) is 61.2 Å². The summed E-state index contributed by atoms with van der Waals surface area (Å²) in [4.78, 5) is 11.8. The average molecular weight is 560 g/mol. The maximum atomic E-state index is 11.8. The van der Waals surface area contributed by atoms with Crippen LogP contribution < -0.4 is 26.4 Å². The molecule has 0 unspecified atom stereocenters. The molecule has 5 nitrogen and oxygen atoms in total. The highest BCUT2D eigenvalue weighted by Crippen LogP contribution is 2.20. The van der Waals surface area contributed by atoms with Gasteiger partial charge in [0.2, 0.25) is 0 Å². The van der Waals surface area contributed by atoms with E-state index in [1.165, 1.54) is 19.4 Å². The van der Waals surface area contributed by atoms with Gasteiger partial charge in [-0.1, -0.05) is 37.8 Å². The molecule has 0 radical (unpaired) electrons. The summed E-state index contributed by atoms with van der Waals surface area (Å²) in [6, 6.07) is 16.7. The number of alkyl halides is 3. The van der Waals surface area contributed by atoms with E-state index in [9.17, 15) is 18.0 Å². The molecule has 0 N–H and O–H groups in total. The van der Waals surface area contributed by atoms with E-state index >= 15 is 0 Å². The predicted octanol–water partition coefficient (Wildman–Crippen LogP) is 0.198. The minimum absolute atomic E-state index is 0.213. The molecule has 0 aliphatic heterocycles. The Morgan fingerprint density at radius 3 is 2.00 bits per heavy atom. The van der Waals surface area contributed by atoms with Crippen LogP contribution in [-0.4, -0.2) is 39.6 Å². The Kier molecular flexibility index (Phi) is 8.86. The third-order valence-corrected chi connectivity index (χ3v) is 9.39. The molecule has 2 aromatic carbocycles. The Labute approximate surface area is 179 Å². The van der Waals surface area contributed by atoms with E-state index in [-0.39, 0.29) is 27.2 Å². The predicted molar refractivity (Wildman–Crippen MR) is 100 cm³/mol. The van der Waals surface area contributed by atoms with E-state index in [0.717, 1.165) is 0 Å². The molecular weight excluding hydrogens is 540 g/mol. The molecule has 0 fully saturated rings. The molecule has 2 rings (SSSR count). The molecule has 0 aromatic heterocycles. The van der Waals surface area contributed by atoms with Crippen LogP contribution in [0.25, 0.3) is 0 Å². The van der Waals surface area contributed by atoms with Gasteiger partial charge < -0.3 is 9.29 Å². The van der Waals surface area contributed by atoms with Crippen molar-refractivity contribution in [2.75, 3.05) is 7.11 Å².